The smallest absolute Gasteiger partial charge is 0.0574 e. The Kier molecular flexibility index (Phi) is 37.5. The van der Waals surface area contributed by atoms with Gasteiger partial charge in [0, 0.05) is 28.2 Å². The van der Waals surface area contributed by atoms with Crippen molar-refractivity contribution in [3.63, 3.8) is 0 Å². The molecular weight excluding hydrogens is 230 g/mol. The molecule has 5 heteroatoms. The van der Waals surface area contributed by atoms with Crippen LogP contribution < -0.4 is 0 Å². The molecule has 0 aliphatic heterocycles. The highest BCUT2D eigenvalue weighted by Gasteiger charge is 1.81. The van der Waals surface area contributed by atoms with Crippen LogP contribution in [0.3, 0.4) is 0 Å². The van der Waals surface area contributed by atoms with Crippen molar-refractivity contribution < 1.29 is 9.68 Å². The number of rotatable bonds is 4. The van der Waals surface area contributed by atoms with Crippen LogP contribution in [0.5, 0.6) is 0 Å². The SMILES string of the molecule is CC.CCN(C)CC.CON(C)C.CON(C)C. The Labute approximate surface area is 116 Å². The summed E-state index contributed by atoms with van der Waals surface area (Å²) in [5.74, 6) is 0. The summed E-state index contributed by atoms with van der Waals surface area (Å²) >= 11 is 0. The summed E-state index contributed by atoms with van der Waals surface area (Å²) in [5, 5.41) is 3.25. The molecule has 0 N–H and O–H groups in total. The molecule has 18 heavy (non-hydrogen) atoms. The summed E-state index contributed by atoms with van der Waals surface area (Å²) in [6.45, 7) is 10.6. The molecule has 0 fully saturated rings. The van der Waals surface area contributed by atoms with Crippen molar-refractivity contribution in [1.82, 2.24) is 15.0 Å². The molecule has 0 heterocycles. The summed E-state index contributed by atoms with van der Waals surface area (Å²) < 4.78 is 0. The minimum atomic E-state index is 1.16. The standard InChI is InChI=1S/C5H13N.2C3H9NO.C2H6/c1-4-6(3)5-2;2*1-4(2)5-3;1-2/h4-5H2,1-3H3;2*1-3H3;1-2H3. The number of hydrogen-bond donors (Lipinski definition) is 0. The molecule has 0 aromatic carbocycles. The lowest BCUT2D eigenvalue weighted by Gasteiger charge is -2.07. The molecule has 0 atom stereocenters. The van der Waals surface area contributed by atoms with E-state index in [2.05, 4.69) is 35.5 Å². The topological polar surface area (TPSA) is 28.2 Å². The van der Waals surface area contributed by atoms with E-state index >= 15 is 0 Å². The summed E-state index contributed by atoms with van der Waals surface area (Å²) in [6.07, 6.45) is 0. The zero-order chi connectivity index (χ0) is 15.6. The van der Waals surface area contributed by atoms with Gasteiger partial charge < -0.3 is 14.6 Å². The van der Waals surface area contributed by atoms with Gasteiger partial charge in [-0.25, -0.2) is 0 Å². The maximum absolute atomic E-state index is 4.58. The van der Waals surface area contributed by atoms with E-state index in [1.807, 2.05) is 42.0 Å². The highest BCUT2D eigenvalue weighted by Crippen LogP contribution is 1.73. The number of nitrogens with zero attached hydrogens (tertiary/aromatic N) is 3. The minimum Gasteiger partial charge on any atom is -0.307 e. The molecule has 0 aliphatic carbocycles. The van der Waals surface area contributed by atoms with E-state index in [4.69, 9.17) is 0 Å². The van der Waals surface area contributed by atoms with Gasteiger partial charge in [0.15, 0.2) is 0 Å². The second-order valence-corrected chi connectivity index (χ2v) is 3.48. The molecule has 0 radical (unpaired) electrons. The molecular formula is C13H37N3O2. The first-order valence-electron chi connectivity index (χ1n) is 6.46. The van der Waals surface area contributed by atoms with Crippen molar-refractivity contribution in [1.29, 1.82) is 0 Å². The molecule has 0 saturated carbocycles. The monoisotopic (exact) mass is 267 g/mol. The quantitative estimate of drug-likeness (QED) is 0.728. The van der Waals surface area contributed by atoms with Gasteiger partial charge in [0.2, 0.25) is 0 Å². The summed E-state index contributed by atoms with van der Waals surface area (Å²) in [4.78, 5) is 11.4. The summed E-state index contributed by atoms with van der Waals surface area (Å²) in [5.41, 5.74) is 0. The van der Waals surface area contributed by atoms with Gasteiger partial charge in [-0.15, -0.1) is 0 Å². The summed E-state index contributed by atoms with van der Waals surface area (Å²) in [6, 6.07) is 0. The lowest BCUT2D eigenvalue weighted by atomic mass is 10.6. The largest absolute Gasteiger partial charge is 0.307 e. The lowest BCUT2D eigenvalue weighted by molar-refractivity contribution is -0.0856. The van der Waals surface area contributed by atoms with Crippen molar-refractivity contribution in [3.05, 3.63) is 0 Å². The maximum Gasteiger partial charge on any atom is 0.0574 e. The van der Waals surface area contributed by atoms with Crippen LogP contribution in [0.1, 0.15) is 27.7 Å². The highest BCUT2D eigenvalue weighted by molar-refractivity contribution is 4.36. The van der Waals surface area contributed by atoms with Crippen molar-refractivity contribution in [2.45, 2.75) is 27.7 Å². The van der Waals surface area contributed by atoms with E-state index in [-0.39, 0.29) is 0 Å². The summed E-state index contributed by atoms with van der Waals surface area (Å²) in [7, 11) is 12.7. The van der Waals surface area contributed by atoms with Crippen molar-refractivity contribution >= 4 is 0 Å². The van der Waals surface area contributed by atoms with Gasteiger partial charge in [-0.2, -0.15) is 10.1 Å². The molecule has 0 spiro atoms. The van der Waals surface area contributed by atoms with E-state index in [1.165, 1.54) is 0 Å². The second-order valence-electron chi connectivity index (χ2n) is 3.48. The predicted molar refractivity (Wildman–Crippen MR) is 81.6 cm³/mol. The van der Waals surface area contributed by atoms with E-state index in [9.17, 15) is 0 Å². The van der Waals surface area contributed by atoms with Crippen LogP contribution in [-0.2, 0) is 9.68 Å². The zero-order valence-corrected chi connectivity index (χ0v) is 14.6. The Morgan fingerprint density at radius 1 is 0.667 bits per heavy atom. The number of hydrogen-bond acceptors (Lipinski definition) is 5. The normalized spacial score (nSPS) is 9.00. The molecule has 0 saturated heterocycles. The fourth-order valence-corrected chi connectivity index (χ4v) is 0.224. The van der Waals surface area contributed by atoms with Crippen LogP contribution in [-0.4, -0.2) is 77.6 Å². The maximum atomic E-state index is 4.58. The predicted octanol–water partition coefficient (Wildman–Crippen LogP) is 2.20. The van der Waals surface area contributed by atoms with Gasteiger partial charge in [0.25, 0.3) is 0 Å². The van der Waals surface area contributed by atoms with E-state index in [1.54, 1.807) is 24.3 Å². The molecule has 0 aromatic heterocycles. The fraction of sp³-hybridized carbons (Fsp3) is 1.00. The minimum absolute atomic E-state index is 1.16. The third-order valence-electron chi connectivity index (χ3n) is 1.81. The first-order chi connectivity index (χ1) is 8.35. The van der Waals surface area contributed by atoms with E-state index in [0.717, 1.165) is 13.1 Å². The average molecular weight is 267 g/mol. The van der Waals surface area contributed by atoms with E-state index < -0.39 is 0 Å². The lowest BCUT2D eigenvalue weighted by Crippen LogP contribution is -2.15. The Balaban J connectivity index is -0.0000000766. The molecule has 0 amide bonds. The van der Waals surface area contributed by atoms with Gasteiger partial charge in [-0.1, -0.05) is 27.7 Å². The highest BCUT2D eigenvalue weighted by atomic mass is 16.7. The first kappa shape index (κ1) is 26.4. The van der Waals surface area contributed by atoms with Crippen molar-refractivity contribution in [2.75, 3.05) is 62.5 Å². The Morgan fingerprint density at radius 3 is 0.833 bits per heavy atom. The Morgan fingerprint density at radius 2 is 0.833 bits per heavy atom. The van der Waals surface area contributed by atoms with Crippen LogP contribution in [0.15, 0.2) is 0 Å². The molecule has 0 aromatic rings. The molecule has 0 bridgehead atoms. The molecule has 0 aliphatic rings. The first-order valence-corrected chi connectivity index (χ1v) is 6.46. The molecule has 0 rings (SSSR count). The Hall–Kier alpha value is -0.200. The van der Waals surface area contributed by atoms with Gasteiger partial charge in [0.1, 0.15) is 0 Å². The van der Waals surface area contributed by atoms with Gasteiger partial charge in [-0.3, -0.25) is 0 Å². The van der Waals surface area contributed by atoms with Crippen molar-refractivity contribution in [2.24, 2.45) is 0 Å². The van der Waals surface area contributed by atoms with Gasteiger partial charge in [0.05, 0.1) is 14.2 Å². The third kappa shape index (κ3) is 56.9. The Bertz CT molecular complexity index is 100. The van der Waals surface area contributed by atoms with Crippen LogP contribution in [0, 0.1) is 0 Å². The van der Waals surface area contributed by atoms with Crippen LogP contribution in [0.4, 0.5) is 0 Å². The number of hydroxylamine groups is 4. The van der Waals surface area contributed by atoms with Crippen LogP contribution >= 0.6 is 0 Å². The second kappa shape index (κ2) is 25.6. The van der Waals surface area contributed by atoms with E-state index in [0.29, 0.717) is 0 Å². The van der Waals surface area contributed by atoms with Gasteiger partial charge in [-0.05, 0) is 20.1 Å². The third-order valence-corrected chi connectivity index (χ3v) is 1.81. The molecule has 5 nitrogen and oxygen atoms in total. The molecule has 116 valence electrons. The molecule has 0 unspecified atom stereocenters. The zero-order valence-electron chi connectivity index (χ0n) is 14.6. The van der Waals surface area contributed by atoms with Crippen molar-refractivity contribution in [3.8, 4) is 0 Å². The van der Waals surface area contributed by atoms with Crippen LogP contribution in [0.25, 0.3) is 0 Å². The van der Waals surface area contributed by atoms with Crippen LogP contribution in [0.2, 0.25) is 0 Å². The fourth-order valence-electron chi connectivity index (χ4n) is 0.224. The van der Waals surface area contributed by atoms with Gasteiger partial charge >= 0.3 is 0 Å². The average Bonchev–Trinajstić information content (AvgIpc) is 2.41.